The van der Waals surface area contributed by atoms with Gasteiger partial charge in [0.15, 0.2) is 0 Å². The number of carbonyl (C=O) groups is 1. The van der Waals surface area contributed by atoms with Crippen molar-refractivity contribution < 1.29 is 17.9 Å². The van der Waals surface area contributed by atoms with Gasteiger partial charge in [0.2, 0.25) is 10.0 Å². The van der Waals surface area contributed by atoms with Gasteiger partial charge in [0.1, 0.15) is 5.60 Å². The van der Waals surface area contributed by atoms with Gasteiger partial charge in [0.25, 0.3) is 0 Å². The maximum atomic E-state index is 11.8. The third-order valence-electron chi connectivity index (χ3n) is 3.90. The third-order valence-corrected chi connectivity index (χ3v) is 5.27. The molecule has 0 saturated heterocycles. The van der Waals surface area contributed by atoms with Crippen molar-refractivity contribution in [1.29, 1.82) is 0 Å². The van der Waals surface area contributed by atoms with E-state index in [9.17, 15) is 13.2 Å². The van der Waals surface area contributed by atoms with Gasteiger partial charge in [-0.3, -0.25) is 0 Å². The predicted molar refractivity (Wildman–Crippen MR) is 90.8 cm³/mol. The standard InChI is InChI=1S/C15H31N3O4S/c1-15(2,3)22-14(19)18-11-12-7-5-6-8-13(12)17-9-10-23(20,21)16-4/h12-13,16-17H,5-11H2,1-4H3,(H,18,19). The molecule has 3 N–H and O–H groups in total. The van der Waals surface area contributed by atoms with Gasteiger partial charge in [0.05, 0.1) is 5.75 Å². The van der Waals surface area contributed by atoms with E-state index in [-0.39, 0.29) is 11.8 Å². The van der Waals surface area contributed by atoms with E-state index in [1.165, 1.54) is 7.05 Å². The lowest BCUT2D eigenvalue weighted by atomic mass is 9.84. The maximum absolute atomic E-state index is 11.8. The first-order valence-electron chi connectivity index (χ1n) is 8.24. The van der Waals surface area contributed by atoms with Gasteiger partial charge < -0.3 is 15.4 Å². The molecule has 2 atom stereocenters. The Kier molecular flexibility index (Phi) is 7.76. The molecule has 1 aliphatic rings. The molecule has 8 heteroatoms. The fourth-order valence-corrected chi connectivity index (χ4v) is 3.32. The van der Waals surface area contributed by atoms with Crippen molar-refractivity contribution in [3.05, 3.63) is 0 Å². The topological polar surface area (TPSA) is 96.5 Å². The molecule has 0 aromatic carbocycles. The van der Waals surface area contributed by atoms with Crippen LogP contribution in [0.1, 0.15) is 46.5 Å². The first-order valence-corrected chi connectivity index (χ1v) is 9.89. The quantitative estimate of drug-likeness (QED) is 0.642. The summed E-state index contributed by atoms with van der Waals surface area (Å²) in [5.74, 6) is 0.361. The van der Waals surface area contributed by atoms with E-state index < -0.39 is 21.7 Å². The highest BCUT2D eigenvalue weighted by atomic mass is 32.2. The second-order valence-electron chi connectivity index (χ2n) is 7.01. The van der Waals surface area contributed by atoms with Gasteiger partial charge in [-0.15, -0.1) is 0 Å². The summed E-state index contributed by atoms with van der Waals surface area (Å²) in [6, 6.07) is 0.228. The molecule has 0 heterocycles. The fraction of sp³-hybridized carbons (Fsp3) is 0.933. The van der Waals surface area contributed by atoms with Crippen LogP contribution in [-0.2, 0) is 14.8 Å². The van der Waals surface area contributed by atoms with Crippen LogP contribution in [0.15, 0.2) is 0 Å². The molecular formula is C15H31N3O4S. The number of amides is 1. The van der Waals surface area contributed by atoms with E-state index in [0.29, 0.717) is 19.0 Å². The lowest BCUT2D eigenvalue weighted by Crippen LogP contribution is -2.46. The number of rotatable bonds is 7. The van der Waals surface area contributed by atoms with Crippen molar-refractivity contribution in [3.8, 4) is 0 Å². The summed E-state index contributed by atoms with van der Waals surface area (Å²) in [7, 11) is -1.77. The Bertz CT molecular complexity index is 474. The van der Waals surface area contributed by atoms with Crippen LogP contribution in [0.3, 0.4) is 0 Å². The SMILES string of the molecule is CNS(=O)(=O)CCNC1CCCCC1CNC(=O)OC(C)(C)C. The summed E-state index contributed by atoms with van der Waals surface area (Å²) >= 11 is 0. The van der Waals surface area contributed by atoms with Crippen LogP contribution in [0.25, 0.3) is 0 Å². The fourth-order valence-electron chi connectivity index (χ4n) is 2.73. The molecule has 0 bridgehead atoms. The van der Waals surface area contributed by atoms with Crippen LogP contribution < -0.4 is 15.4 Å². The first kappa shape index (κ1) is 20.2. The normalized spacial score (nSPS) is 22.6. The number of hydrogen-bond donors (Lipinski definition) is 3. The number of hydrogen-bond acceptors (Lipinski definition) is 5. The van der Waals surface area contributed by atoms with Gasteiger partial charge in [-0.2, -0.15) is 0 Å². The summed E-state index contributed by atoms with van der Waals surface area (Å²) in [6.45, 7) is 6.46. The number of nitrogens with one attached hydrogen (secondary N) is 3. The molecule has 0 aromatic rings. The van der Waals surface area contributed by atoms with Crippen molar-refractivity contribution in [2.75, 3.05) is 25.9 Å². The largest absolute Gasteiger partial charge is 0.444 e. The Morgan fingerprint density at radius 1 is 1.22 bits per heavy atom. The van der Waals surface area contributed by atoms with Crippen LogP contribution in [0.4, 0.5) is 4.79 Å². The average molecular weight is 349 g/mol. The number of ether oxygens (including phenoxy) is 1. The zero-order chi connectivity index (χ0) is 17.5. The van der Waals surface area contributed by atoms with Gasteiger partial charge >= 0.3 is 6.09 Å². The smallest absolute Gasteiger partial charge is 0.407 e. The van der Waals surface area contributed by atoms with Gasteiger partial charge in [-0.05, 0) is 46.6 Å². The van der Waals surface area contributed by atoms with Crippen LogP contribution in [0.2, 0.25) is 0 Å². The average Bonchev–Trinajstić information content (AvgIpc) is 2.44. The zero-order valence-electron chi connectivity index (χ0n) is 14.6. The number of alkyl carbamates (subject to hydrolysis) is 1. The minimum Gasteiger partial charge on any atom is -0.444 e. The summed E-state index contributed by atoms with van der Waals surface area (Å²) in [5.41, 5.74) is -0.504. The van der Waals surface area contributed by atoms with Gasteiger partial charge in [-0.1, -0.05) is 12.8 Å². The second-order valence-corrected chi connectivity index (χ2v) is 9.06. The molecule has 2 unspecified atom stereocenters. The van der Waals surface area contributed by atoms with Crippen molar-refractivity contribution in [2.24, 2.45) is 5.92 Å². The summed E-state index contributed by atoms with van der Waals surface area (Å²) in [5, 5.41) is 6.15. The second kappa shape index (κ2) is 8.84. The van der Waals surface area contributed by atoms with Crippen LogP contribution in [0.5, 0.6) is 0 Å². The van der Waals surface area contributed by atoms with Crippen LogP contribution >= 0.6 is 0 Å². The predicted octanol–water partition coefficient (Wildman–Crippen LogP) is 1.21. The first-order chi connectivity index (χ1) is 10.6. The van der Waals surface area contributed by atoms with E-state index in [4.69, 9.17) is 4.74 Å². The molecule has 0 aliphatic heterocycles. The number of carbonyl (C=O) groups excluding carboxylic acids is 1. The highest BCUT2D eigenvalue weighted by molar-refractivity contribution is 7.89. The van der Waals surface area contributed by atoms with Crippen molar-refractivity contribution in [1.82, 2.24) is 15.4 Å². The molecule has 0 aromatic heterocycles. The Labute approximate surface area is 140 Å². The zero-order valence-corrected chi connectivity index (χ0v) is 15.5. The Morgan fingerprint density at radius 3 is 2.48 bits per heavy atom. The lowest BCUT2D eigenvalue weighted by Gasteiger charge is -2.32. The summed E-state index contributed by atoms with van der Waals surface area (Å²) in [4.78, 5) is 11.8. The minimum absolute atomic E-state index is 0.0617. The van der Waals surface area contributed by atoms with Crippen LogP contribution in [0, 0.1) is 5.92 Å². The molecule has 1 rings (SSSR count). The Morgan fingerprint density at radius 2 is 1.87 bits per heavy atom. The summed E-state index contributed by atoms with van der Waals surface area (Å²) in [6.07, 6.45) is 3.87. The monoisotopic (exact) mass is 349 g/mol. The van der Waals surface area contributed by atoms with E-state index in [1.807, 2.05) is 20.8 Å². The van der Waals surface area contributed by atoms with Gasteiger partial charge in [0, 0.05) is 19.1 Å². The lowest BCUT2D eigenvalue weighted by molar-refractivity contribution is 0.0511. The molecule has 136 valence electrons. The molecule has 1 fully saturated rings. The Hall–Kier alpha value is -0.860. The summed E-state index contributed by atoms with van der Waals surface area (Å²) < 4.78 is 30.4. The molecule has 0 spiro atoms. The minimum atomic E-state index is -3.19. The van der Waals surface area contributed by atoms with Crippen LogP contribution in [-0.4, -0.2) is 52.0 Å². The highest BCUT2D eigenvalue weighted by Gasteiger charge is 2.26. The molecule has 1 aliphatic carbocycles. The van der Waals surface area contributed by atoms with E-state index in [1.54, 1.807) is 0 Å². The van der Waals surface area contributed by atoms with Crippen molar-refractivity contribution >= 4 is 16.1 Å². The molecule has 0 radical (unpaired) electrons. The maximum Gasteiger partial charge on any atom is 0.407 e. The number of sulfonamides is 1. The third kappa shape index (κ3) is 8.53. The molecule has 1 amide bonds. The molecular weight excluding hydrogens is 318 g/mol. The Balaban J connectivity index is 2.41. The van der Waals surface area contributed by atoms with Crippen molar-refractivity contribution in [3.63, 3.8) is 0 Å². The highest BCUT2D eigenvalue weighted by Crippen LogP contribution is 2.24. The molecule has 23 heavy (non-hydrogen) atoms. The van der Waals surface area contributed by atoms with Crippen molar-refractivity contribution in [2.45, 2.75) is 58.1 Å². The van der Waals surface area contributed by atoms with E-state index in [2.05, 4.69) is 15.4 Å². The van der Waals surface area contributed by atoms with Gasteiger partial charge in [-0.25, -0.2) is 17.9 Å². The molecule has 7 nitrogen and oxygen atoms in total. The van der Waals surface area contributed by atoms with E-state index in [0.717, 1.165) is 25.7 Å². The van der Waals surface area contributed by atoms with E-state index >= 15 is 0 Å². The molecule has 1 saturated carbocycles.